The van der Waals surface area contributed by atoms with Gasteiger partial charge in [0.1, 0.15) is 0 Å². The zero-order valence-corrected chi connectivity index (χ0v) is 25.7. The molecule has 8 aromatic rings. The summed E-state index contributed by atoms with van der Waals surface area (Å²) in [6.45, 7) is 0. The third-order valence-electron chi connectivity index (χ3n) is 8.53. The van der Waals surface area contributed by atoms with Crippen LogP contribution in [0.15, 0.2) is 146 Å². The second kappa shape index (κ2) is 11.9. The summed E-state index contributed by atoms with van der Waals surface area (Å²) in [5, 5.41) is 10.7. The van der Waals surface area contributed by atoms with Crippen LogP contribution in [-0.2, 0) is 6.18 Å². The fourth-order valence-corrected chi connectivity index (χ4v) is 6.19. The second-order valence-corrected chi connectivity index (χ2v) is 11.5. The Morgan fingerprint density at radius 2 is 1.10 bits per heavy atom. The number of benzene rings is 6. The van der Waals surface area contributed by atoms with E-state index >= 15 is 0 Å². The zero-order valence-electron chi connectivity index (χ0n) is 25.7. The molecule has 0 N–H and O–H groups in total. The van der Waals surface area contributed by atoms with Crippen LogP contribution in [0.4, 0.5) is 13.2 Å². The molecule has 0 atom stereocenters. The lowest BCUT2D eigenvalue weighted by atomic mass is 9.97. The summed E-state index contributed by atoms with van der Waals surface area (Å²) in [5.41, 5.74) is 5.95. The van der Waals surface area contributed by atoms with Crippen LogP contribution in [0.5, 0.6) is 0 Å². The minimum atomic E-state index is -4.47. The zero-order chi connectivity index (χ0) is 33.5. The molecule has 5 nitrogen and oxygen atoms in total. The van der Waals surface area contributed by atoms with Gasteiger partial charge in [-0.15, -0.1) is 0 Å². The number of hydrogen-bond acceptors (Lipinski definition) is 4. The predicted octanol–water partition coefficient (Wildman–Crippen LogP) is 10.5. The van der Waals surface area contributed by atoms with Crippen molar-refractivity contribution in [2.45, 2.75) is 6.18 Å². The number of hydrogen-bond donors (Lipinski definition) is 0. The first-order valence-electron chi connectivity index (χ1n) is 15.5. The molecule has 0 fully saturated rings. The first-order chi connectivity index (χ1) is 23.9. The standard InChI is InChI=1S/C41H24F3N5/c42-41(43,44)30-19-22-37-34(23-30)33-13-7-8-14-36(33)49(37)31-20-21-32(27-17-15-26(25-45)16-18-27)35(24-31)40-47-38(28-9-3-1-4-10-28)46-39(48-40)29-11-5-2-6-12-29/h1-24H. The van der Waals surface area contributed by atoms with Crippen LogP contribution >= 0.6 is 0 Å². The molecule has 0 radical (unpaired) electrons. The van der Waals surface area contributed by atoms with E-state index in [1.165, 1.54) is 12.1 Å². The number of halogens is 3. The van der Waals surface area contributed by atoms with Crippen molar-refractivity contribution in [3.63, 3.8) is 0 Å². The van der Waals surface area contributed by atoms with Gasteiger partial charge in [0.2, 0.25) is 0 Å². The lowest BCUT2D eigenvalue weighted by molar-refractivity contribution is -0.137. The lowest BCUT2D eigenvalue weighted by Crippen LogP contribution is -2.04. The summed E-state index contributed by atoms with van der Waals surface area (Å²) >= 11 is 0. The third-order valence-corrected chi connectivity index (χ3v) is 8.53. The Morgan fingerprint density at radius 1 is 0.510 bits per heavy atom. The van der Waals surface area contributed by atoms with Crippen molar-refractivity contribution in [2.75, 3.05) is 0 Å². The minimum Gasteiger partial charge on any atom is -0.309 e. The molecule has 0 saturated heterocycles. The number of nitriles is 1. The van der Waals surface area contributed by atoms with Crippen LogP contribution in [0.2, 0.25) is 0 Å². The van der Waals surface area contributed by atoms with E-state index in [1.54, 1.807) is 12.1 Å². The normalized spacial score (nSPS) is 11.6. The van der Waals surface area contributed by atoms with E-state index in [0.717, 1.165) is 39.5 Å². The molecule has 0 amide bonds. The highest BCUT2D eigenvalue weighted by Crippen LogP contribution is 2.39. The highest BCUT2D eigenvalue weighted by molar-refractivity contribution is 6.09. The summed E-state index contributed by atoms with van der Waals surface area (Å²) < 4.78 is 43.4. The number of para-hydroxylation sites is 1. The van der Waals surface area contributed by atoms with E-state index in [4.69, 9.17) is 15.0 Å². The molecule has 0 saturated carbocycles. The highest BCUT2D eigenvalue weighted by atomic mass is 19.4. The van der Waals surface area contributed by atoms with Crippen LogP contribution in [0.1, 0.15) is 11.1 Å². The summed E-state index contributed by atoms with van der Waals surface area (Å²) in [6.07, 6.45) is -4.47. The number of aromatic nitrogens is 4. The summed E-state index contributed by atoms with van der Waals surface area (Å²) in [7, 11) is 0. The molecular weight excluding hydrogens is 619 g/mol. The van der Waals surface area contributed by atoms with E-state index in [2.05, 4.69) is 6.07 Å². The maximum absolute atomic E-state index is 13.8. The number of fused-ring (bicyclic) bond motifs is 3. The molecule has 6 aromatic carbocycles. The molecule has 0 aliphatic heterocycles. The number of nitrogens with zero attached hydrogens (tertiary/aromatic N) is 5. The smallest absolute Gasteiger partial charge is 0.309 e. The van der Waals surface area contributed by atoms with Gasteiger partial charge in [0, 0.05) is 33.2 Å². The highest BCUT2D eigenvalue weighted by Gasteiger charge is 2.31. The monoisotopic (exact) mass is 643 g/mol. The van der Waals surface area contributed by atoms with Gasteiger partial charge in [-0.1, -0.05) is 97.1 Å². The van der Waals surface area contributed by atoms with E-state index in [-0.39, 0.29) is 0 Å². The lowest BCUT2D eigenvalue weighted by Gasteiger charge is -2.16. The topological polar surface area (TPSA) is 67.4 Å². The van der Waals surface area contributed by atoms with E-state index in [9.17, 15) is 18.4 Å². The van der Waals surface area contributed by atoms with Crippen molar-refractivity contribution in [2.24, 2.45) is 0 Å². The fourth-order valence-electron chi connectivity index (χ4n) is 6.19. The Kier molecular flexibility index (Phi) is 7.23. The largest absolute Gasteiger partial charge is 0.416 e. The van der Waals surface area contributed by atoms with Gasteiger partial charge in [0.15, 0.2) is 17.5 Å². The fraction of sp³-hybridized carbons (Fsp3) is 0.0244. The second-order valence-electron chi connectivity index (χ2n) is 11.5. The molecule has 8 heteroatoms. The van der Waals surface area contributed by atoms with Gasteiger partial charge in [0.25, 0.3) is 0 Å². The van der Waals surface area contributed by atoms with Gasteiger partial charge in [0.05, 0.1) is 28.2 Å². The number of alkyl halides is 3. The Morgan fingerprint density at radius 3 is 1.73 bits per heavy atom. The van der Waals surface area contributed by atoms with Gasteiger partial charge in [-0.2, -0.15) is 18.4 Å². The van der Waals surface area contributed by atoms with Crippen molar-refractivity contribution in [1.29, 1.82) is 5.26 Å². The number of rotatable bonds is 5. The summed E-state index contributed by atoms with van der Waals surface area (Å²) in [6, 6.07) is 46.0. The molecule has 234 valence electrons. The molecule has 0 bridgehead atoms. The first kappa shape index (κ1) is 29.8. The van der Waals surface area contributed by atoms with Crippen molar-refractivity contribution >= 4 is 21.8 Å². The van der Waals surface area contributed by atoms with Crippen LogP contribution in [-0.4, -0.2) is 19.5 Å². The average molecular weight is 644 g/mol. The summed E-state index contributed by atoms with van der Waals surface area (Å²) in [4.78, 5) is 14.8. The molecule has 0 unspecified atom stereocenters. The molecular formula is C41H24F3N5. The molecule has 0 spiro atoms. The minimum absolute atomic E-state index is 0.425. The van der Waals surface area contributed by atoms with Crippen LogP contribution < -0.4 is 0 Å². The first-order valence-corrected chi connectivity index (χ1v) is 15.5. The molecule has 2 heterocycles. The van der Waals surface area contributed by atoms with Crippen molar-refractivity contribution < 1.29 is 13.2 Å². The maximum Gasteiger partial charge on any atom is 0.416 e. The molecule has 2 aromatic heterocycles. The van der Waals surface area contributed by atoms with Crippen molar-refractivity contribution in [1.82, 2.24) is 19.5 Å². The SMILES string of the molecule is N#Cc1ccc(-c2ccc(-n3c4ccccc4c4cc(C(F)(F)F)ccc43)cc2-c2nc(-c3ccccc3)nc(-c3ccccc3)n2)cc1. The van der Waals surface area contributed by atoms with Crippen LogP contribution in [0, 0.1) is 11.3 Å². The molecule has 0 aliphatic rings. The Labute approximate surface area is 279 Å². The summed E-state index contributed by atoms with van der Waals surface area (Å²) in [5.74, 6) is 1.42. The van der Waals surface area contributed by atoms with Gasteiger partial charge in [-0.05, 0) is 59.7 Å². The van der Waals surface area contributed by atoms with E-state index in [1.807, 2.05) is 120 Å². The molecule has 8 rings (SSSR count). The predicted molar refractivity (Wildman–Crippen MR) is 186 cm³/mol. The van der Waals surface area contributed by atoms with Gasteiger partial charge < -0.3 is 4.57 Å². The maximum atomic E-state index is 13.8. The third kappa shape index (κ3) is 5.47. The van der Waals surface area contributed by atoms with Gasteiger partial charge >= 0.3 is 6.18 Å². The quantitative estimate of drug-likeness (QED) is 0.187. The molecule has 0 aliphatic carbocycles. The van der Waals surface area contributed by atoms with Gasteiger partial charge in [-0.3, -0.25) is 0 Å². The van der Waals surface area contributed by atoms with Crippen molar-refractivity contribution in [3.8, 4) is 57.0 Å². The van der Waals surface area contributed by atoms with Crippen molar-refractivity contribution in [3.05, 3.63) is 157 Å². The molecule has 49 heavy (non-hydrogen) atoms. The Hall–Kier alpha value is -6.59. The average Bonchev–Trinajstić information content (AvgIpc) is 3.48. The van der Waals surface area contributed by atoms with Crippen LogP contribution in [0.3, 0.4) is 0 Å². The van der Waals surface area contributed by atoms with Gasteiger partial charge in [-0.25, -0.2) is 15.0 Å². The Bertz CT molecular complexity index is 2480. The van der Waals surface area contributed by atoms with E-state index in [0.29, 0.717) is 44.9 Å². The van der Waals surface area contributed by atoms with E-state index < -0.39 is 11.7 Å². The Balaban J connectivity index is 1.41. The van der Waals surface area contributed by atoms with Crippen LogP contribution in [0.25, 0.3) is 72.8 Å².